The maximum Gasteiger partial charge on any atom is 0.319 e. The third kappa shape index (κ3) is 5.48. The molecule has 0 radical (unpaired) electrons. The van der Waals surface area contributed by atoms with E-state index < -0.39 is 0 Å². The van der Waals surface area contributed by atoms with E-state index in [-0.39, 0.29) is 6.03 Å². The number of halogens is 1. The van der Waals surface area contributed by atoms with E-state index in [4.69, 9.17) is 4.74 Å². The zero-order valence-corrected chi connectivity index (χ0v) is 15.6. The fourth-order valence-electron chi connectivity index (χ4n) is 2.83. The van der Waals surface area contributed by atoms with Gasteiger partial charge in [0.2, 0.25) is 0 Å². The van der Waals surface area contributed by atoms with Gasteiger partial charge in [-0.3, -0.25) is 4.90 Å². The number of urea groups is 1. The van der Waals surface area contributed by atoms with E-state index in [0.717, 1.165) is 42.0 Å². The molecule has 6 heteroatoms. The molecule has 2 amide bonds. The fourth-order valence-corrected chi connectivity index (χ4v) is 3.30. The second-order valence-electron chi connectivity index (χ2n) is 6.25. The first-order valence-corrected chi connectivity index (χ1v) is 8.89. The van der Waals surface area contributed by atoms with Crippen LogP contribution in [0, 0.1) is 12.8 Å². The smallest absolute Gasteiger partial charge is 0.319 e. The molecule has 0 spiro atoms. The lowest BCUT2D eigenvalue weighted by Crippen LogP contribution is -2.51. The third-order valence-electron chi connectivity index (χ3n) is 4.19. The van der Waals surface area contributed by atoms with E-state index in [0.29, 0.717) is 18.5 Å². The van der Waals surface area contributed by atoms with Crippen LogP contribution in [-0.4, -0.2) is 49.8 Å². The van der Waals surface area contributed by atoms with Crippen LogP contribution in [-0.2, 0) is 4.74 Å². The number of nitrogens with one attached hydrogen (secondary N) is 2. The van der Waals surface area contributed by atoms with E-state index in [1.165, 1.54) is 0 Å². The summed E-state index contributed by atoms with van der Waals surface area (Å²) in [7, 11) is 0. The van der Waals surface area contributed by atoms with Crippen molar-refractivity contribution in [1.29, 1.82) is 0 Å². The highest BCUT2D eigenvalue weighted by Gasteiger charge is 2.24. The molecule has 1 aliphatic rings. The third-order valence-corrected chi connectivity index (χ3v) is 4.69. The highest BCUT2D eigenvalue weighted by atomic mass is 79.9. The molecule has 0 saturated carbocycles. The van der Waals surface area contributed by atoms with Crippen LogP contribution in [0.5, 0.6) is 0 Å². The van der Waals surface area contributed by atoms with Crippen LogP contribution < -0.4 is 10.6 Å². The maximum absolute atomic E-state index is 12.2. The highest BCUT2D eigenvalue weighted by Crippen LogP contribution is 2.20. The molecule has 1 aromatic rings. The minimum atomic E-state index is -0.158. The van der Waals surface area contributed by atoms with Crippen molar-refractivity contribution in [1.82, 2.24) is 10.2 Å². The lowest BCUT2D eigenvalue weighted by molar-refractivity contribution is 0.00728. The minimum Gasteiger partial charge on any atom is -0.379 e. The Labute approximate surface area is 146 Å². The number of carbonyl (C=O) groups is 1. The average molecular weight is 384 g/mol. The van der Waals surface area contributed by atoms with E-state index in [1.54, 1.807) is 0 Å². The second kappa shape index (κ2) is 8.66. The lowest BCUT2D eigenvalue weighted by Gasteiger charge is -2.36. The summed E-state index contributed by atoms with van der Waals surface area (Å²) in [4.78, 5) is 14.6. The van der Waals surface area contributed by atoms with E-state index in [1.807, 2.05) is 25.1 Å². The summed E-state index contributed by atoms with van der Waals surface area (Å²) in [5.41, 5.74) is 1.86. The number of ether oxygens (including phenoxy) is 1. The Morgan fingerprint density at radius 2 is 2.04 bits per heavy atom. The van der Waals surface area contributed by atoms with Crippen LogP contribution in [0.3, 0.4) is 0 Å². The van der Waals surface area contributed by atoms with Gasteiger partial charge in [0.05, 0.1) is 13.2 Å². The van der Waals surface area contributed by atoms with Gasteiger partial charge in [0.25, 0.3) is 0 Å². The Morgan fingerprint density at radius 3 is 2.65 bits per heavy atom. The Morgan fingerprint density at radius 1 is 1.35 bits per heavy atom. The lowest BCUT2D eigenvalue weighted by atomic mass is 10.0. The summed E-state index contributed by atoms with van der Waals surface area (Å²) in [6.07, 6.45) is 0. The second-order valence-corrected chi connectivity index (χ2v) is 7.17. The van der Waals surface area contributed by atoms with E-state index in [2.05, 4.69) is 45.3 Å². The standard InChI is InChI=1S/C17H26BrN3O2/c1-12(2)16(21-6-8-23-9-7-21)11-19-17(22)20-15-5-4-14(18)10-13(15)3/h4-5,10,12,16H,6-9,11H2,1-3H3,(H2,19,20,22). The molecule has 23 heavy (non-hydrogen) atoms. The summed E-state index contributed by atoms with van der Waals surface area (Å²) in [6.45, 7) is 10.4. The van der Waals surface area contributed by atoms with Crippen LogP contribution in [0.15, 0.2) is 22.7 Å². The number of carbonyl (C=O) groups excluding carboxylic acids is 1. The van der Waals surface area contributed by atoms with Crippen LogP contribution in [0.2, 0.25) is 0 Å². The van der Waals surface area contributed by atoms with Gasteiger partial charge >= 0.3 is 6.03 Å². The van der Waals surface area contributed by atoms with Gasteiger partial charge in [0, 0.05) is 35.8 Å². The predicted octanol–water partition coefficient (Wildman–Crippen LogP) is 3.24. The van der Waals surface area contributed by atoms with Gasteiger partial charge in [-0.2, -0.15) is 0 Å². The average Bonchev–Trinajstić information content (AvgIpc) is 2.51. The minimum absolute atomic E-state index is 0.158. The number of anilines is 1. The number of amides is 2. The molecule has 1 fully saturated rings. The Hall–Kier alpha value is -1.11. The Balaban J connectivity index is 1.88. The number of hydrogen-bond acceptors (Lipinski definition) is 3. The Bertz CT molecular complexity index is 531. The van der Waals surface area contributed by atoms with Gasteiger partial charge < -0.3 is 15.4 Å². The predicted molar refractivity (Wildman–Crippen MR) is 96.9 cm³/mol. The zero-order chi connectivity index (χ0) is 16.8. The van der Waals surface area contributed by atoms with Gasteiger partial charge in [-0.25, -0.2) is 4.79 Å². The molecule has 1 saturated heterocycles. The quantitative estimate of drug-likeness (QED) is 0.820. The number of hydrogen-bond donors (Lipinski definition) is 2. The van der Waals surface area contributed by atoms with Crippen molar-refractivity contribution < 1.29 is 9.53 Å². The molecular weight excluding hydrogens is 358 g/mol. The highest BCUT2D eigenvalue weighted by molar-refractivity contribution is 9.10. The van der Waals surface area contributed by atoms with E-state index >= 15 is 0 Å². The molecule has 5 nitrogen and oxygen atoms in total. The molecule has 1 aromatic carbocycles. The monoisotopic (exact) mass is 383 g/mol. The van der Waals surface area contributed by atoms with Crippen molar-refractivity contribution in [3.63, 3.8) is 0 Å². The van der Waals surface area contributed by atoms with Crippen molar-refractivity contribution >= 4 is 27.6 Å². The molecule has 2 rings (SSSR count). The molecule has 0 aromatic heterocycles. The number of morpholine rings is 1. The van der Waals surface area contributed by atoms with Crippen LogP contribution in [0.1, 0.15) is 19.4 Å². The van der Waals surface area contributed by atoms with Crippen molar-refractivity contribution in [3.05, 3.63) is 28.2 Å². The van der Waals surface area contributed by atoms with Crippen molar-refractivity contribution in [2.75, 3.05) is 38.2 Å². The first kappa shape index (κ1) is 18.2. The molecule has 128 valence electrons. The van der Waals surface area contributed by atoms with Crippen molar-refractivity contribution in [3.8, 4) is 0 Å². The molecule has 0 aliphatic carbocycles. The molecule has 1 heterocycles. The molecule has 1 unspecified atom stereocenters. The molecule has 0 bridgehead atoms. The van der Waals surface area contributed by atoms with Crippen LogP contribution in [0.25, 0.3) is 0 Å². The molecule has 2 N–H and O–H groups in total. The van der Waals surface area contributed by atoms with Gasteiger partial charge in [-0.15, -0.1) is 0 Å². The topological polar surface area (TPSA) is 53.6 Å². The van der Waals surface area contributed by atoms with Gasteiger partial charge in [-0.05, 0) is 36.6 Å². The summed E-state index contributed by atoms with van der Waals surface area (Å²) < 4.78 is 6.42. The molecular formula is C17H26BrN3O2. The number of aryl methyl sites for hydroxylation is 1. The Kier molecular flexibility index (Phi) is 6.87. The van der Waals surface area contributed by atoms with Crippen molar-refractivity contribution in [2.45, 2.75) is 26.8 Å². The first-order valence-electron chi connectivity index (χ1n) is 8.10. The fraction of sp³-hybridized carbons (Fsp3) is 0.588. The number of rotatable bonds is 5. The summed E-state index contributed by atoms with van der Waals surface area (Å²) >= 11 is 3.43. The number of nitrogens with zero attached hydrogens (tertiary/aromatic N) is 1. The zero-order valence-electron chi connectivity index (χ0n) is 14.1. The summed E-state index contributed by atoms with van der Waals surface area (Å²) in [5.74, 6) is 0.475. The van der Waals surface area contributed by atoms with Gasteiger partial charge in [0.15, 0.2) is 0 Å². The largest absolute Gasteiger partial charge is 0.379 e. The summed E-state index contributed by atoms with van der Waals surface area (Å²) in [5, 5.41) is 5.93. The van der Waals surface area contributed by atoms with Gasteiger partial charge in [-0.1, -0.05) is 29.8 Å². The van der Waals surface area contributed by atoms with Crippen molar-refractivity contribution in [2.24, 2.45) is 5.92 Å². The molecule has 1 atom stereocenters. The number of benzene rings is 1. The van der Waals surface area contributed by atoms with Crippen LogP contribution >= 0.6 is 15.9 Å². The SMILES string of the molecule is Cc1cc(Br)ccc1NC(=O)NCC(C(C)C)N1CCOCC1. The molecule has 1 aliphatic heterocycles. The maximum atomic E-state index is 12.2. The summed E-state index contributed by atoms with van der Waals surface area (Å²) in [6, 6.07) is 5.99. The first-order chi connectivity index (χ1) is 11.0. The van der Waals surface area contributed by atoms with Gasteiger partial charge in [0.1, 0.15) is 0 Å². The normalized spacial score (nSPS) is 17.1. The van der Waals surface area contributed by atoms with Crippen LogP contribution in [0.4, 0.5) is 10.5 Å². The van der Waals surface area contributed by atoms with E-state index in [9.17, 15) is 4.79 Å².